The number of carbonyl (C=O) groups is 1. The Kier molecular flexibility index (Phi) is 4.28. The zero-order valence-electron chi connectivity index (χ0n) is 12.9. The molecule has 2 aromatic carbocycles. The molecule has 5 heteroatoms. The van der Waals surface area contributed by atoms with E-state index in [0.29, 0.717) is 11.6 Å². The number of halogens is 2. The first-order valence-electron chi connectivity index (χ1n) is 7.64. The maximum atomic E-state index is 13.2. The van der Waals surface area contributed by atoms with Gasteiger partial charge in [-0.05, 0) is 48.7 Å². The molecule has 3 rings (SSSR count). The lowest BCUT2D eigenvalue weighted by molar-refractivity contribution is 0.102. The summed E-state index contributed by atoms with van der Waals surface area (Å²) in [7, 11) is 0. The van der Waals surface area contributed by atoms with Gasteiger partial charge in [0.1, 0.15) is 11.6 Å². The summed E-state index contributed by atoms with van der Waals surface area (Å²) in [5.41, 5.74) is 1.67. The topological polar surface area (TPSA) is 32.3 Å². The number of hydrogen-bond donors (Lipinski definition) is 1. The molecular weight excluding hydrogens is 298 g/mol. The van der Waals surface area contributed by atoms with E-state index >= 15 is 0 Å². The van der Waals surface area contributed by atoms with Gasteiger partial charge in [-0.1, -0.05) is 6.92 Å². The zero-order valence-corrected chi connectivity index (χ0v) is 12.9. The fourth-order valence-electron chi connectivity index (χ4n) is 2.81. The molecule has 1 atom stereocenters. The molecule has 0 bridgehead atoms. The predicted molar refractivity (Wildman–Crippen MR) is 86.7 cm³/mol. The Balaban J connectivity index is 1.69. The van der Waals surface area contributed by atoms with Crippen LogP contribution < -0.4 is 10.2 Å². The summed E-state index contributed by atoms with van der Waals surface area (Å²) in [6.07, 6.45) is 1.18. The molecule has 0 aromatic heterocycles. The zero-order chi connectivity index (χ0) is 16.4. The molecule has 1 aliphatic rings. The summed E-state index contributed by atoms with van der Waals surface area (Å²) in [6, 6.07) is 10.2. The van der Waals surface area contributed by atoms with Gasteiger partial charge in [0.15, 0.2) is 0 Å². The van der Waals surface area contributed by atoms with Crippen LogP contribution in [-0.2, 0) is 0 Å². The molecule has 1 N–H and O–H groups in total. The molecule has 120 valence electrons. The van der Waals surface area contributed by atoms with Gasteiger partial charge in [-0.2, -0.15) is 0 Å². The SMILES string of the molecule is CC1CCN(c2ccc(NC(=O)c3cc(F)cc(F)c3)cc2)C1. The first kappa shape index (κ1) is 15.5. The third-order valence-corrected chi connectivity index (χ3v) is 4.04. The molecule has 0 spiro atoms. The lowest BCUT2D eigenvalue weighted by atomic mass is 10.2. The van der Waals surface area contributed by atoms with Crippen LogP contribution in [0, 0.1) is 17.6 Å². The van der Waals surface area contributed by atoms with E-state index in [1.807, 2.05) is 12.1 Å². The van der Waals surface area contributed by atoms with Crippen LogP contribution in [0.15, 0.2) is 42.5 Å². The van der Waals surface area contributed by atoms with Crippen molar-refractivity contribution in [2.45, 2.75) is 13.3 Å². The number of anilines is 2. The summed E-state index contributed by atoms with van der Waals surface area (Å²) < 4.78 is 26.3. The standard InChI is InChI=1S/C18H18F2N2O/c1-12-6-7-22(11-12)17-4-2-16(3-5-17)21-18(23)13-8-14(19)10-15(20)9-13/h2-5,8-10,12H,6-7,11H2,1H3,(H,21,23). The molecular formula is C18H18F2N2O. The van der Waals surface area contributed by atoms with Crippen LogP contribution in [-0.4, -0.2) is 19.0 Å². The quantitative estimate of drug-likeness (QED) is 0.926. The highest BCUT2D eigenvalue weighted by Gasteiger charge is 2.18. The lowest BCUT2D eigenvalue weighted by Gasteiger charge is -2.18. The molecule has 23 heavy (non-hydrogen) atoms. The molecule has 1 amide bonds. The van der Waals surface area contributed by atoms with E-state index in [-0.39, 0.29) is 5.56 Å². The molecule has 1 fully saturated rings. The number of hydrogen-bond acceptors (Lipinski definition) is 2. The first-order valence-corrected chi connectivity index (χ1v) is 7.64. The van der Waals surface area contributed by atoms with Gasteiger partial charge in [0.05, 0.1) is 0 Å². The minimum Gasteiger partial charge on any atom is -0.371 e. The van der Waals surface area contributed by atoms with Crippen LogP contribution in [0.1, 0.15) is 23.7 Å². The minimum absolute atomic E-state index is 0.0417. The average molecular weight is 316 g/mol. The van der Waals surface area contributed by atoms with Gasteiger partial charge in [0, 0.05) is 36.1 Å². The average Bonchev–Trinajstić information content (AvgIpc) is 2.93. The second-order valence-corrected chi connectivity index (χ2v) is 6.00. The summed E-state index contributed by atoms with van der Waals surface area (Å²) in [4.78, 5) is 14.4. The van der Waals surface area contributed by atoms with Gasteiger partial charge in [-0.15, -0.1) is 0 Å². The predicted octanol–water partition coefficient (Wildman–Crippen LogP) is 4.06. The largest absolute Gasteiger partial charge is 0.371 e. The third kappa shape index (κ3) is 3.67. The fourth-order valence-corrected chi connectivity index (χ4v) is 2.81. The van der Waals surface area contributed by atoms with Crippen molar-refractivity contribution in [3.05, 3.63) is 59.7 Å². The Morgan fingerprint density at radius 2 is 1.78 bits per heavy atom. The van der Waals surface area contributed by atoms with E-state index < -0.39 is 17.5 Å². The summed E-state index contributed by atoms with van der Waals surface area (Å²) in [5.74, 6) is -1.38. The summed E-state index contributed by atoms with van der Waals surface area (Å²) >= 11 is 0. The second kappa shape index (κ2) is 6.36. The number of nitrogens with one attached hydrogen (secondary N) is 1. The smallest absolute Gasteiger partial charge is 0.255 e. The van der Waals surface area contributed by atoms with E-state index in [2.05, 4.69) is 17.1 Å². The molecule has 3 nitrogen and oxygen atoms in total. The second-order valence-electron chi connectivity index (χ2n) is 6.00. The van der Waals surface area contributed by atoms with Crippen molar-refractivity contribution in [2.24, 2.45) is 5.92 Å². The lowest BCUT2D eigenvalue weighted by Crippen LogP contribution is -2.19. The number of rotatable bonds is 3. The van der Waals surface area contributed by atoms with Crippen LogP contribution >= 0.6 is 0 Å². The molecule has 1 saturated heterocycles. The maximum Gasteiger partial charge on any atom is 0.255 e. The number of carbonyl (C=O) groups excluding carboxylic acids is 1. The van der Waals surface area contributed by atoms with Crippen molar-refractivity contribution in [3.8, 4) is 0 Å². The van der Waals surface area contributed by atoms with Gasteiger partial charge in [0.25, 0.3) is 5.91 Å². The molecule has 1 heterocycles. The van der Waals surface area contributed by atoms with Crippen molar-refractivity contribution >= 4 is 17.3 Å². The Morgan fingerprint density at radius 1 is 1.13 bits per heavy atom. The van der Waals surface area contributed by atoms with Crippen LogP contribution in [0.2, 0.25) is 0 Å². The molecule has 2 aromatic rings. The van der Waals surface area contributed by atoms with E-state index in [0.717, 1.165) is 37.0 Å². The van der Waals surface area contributed by atoms with Crippen molar-refractivity contribution < 1.29 is 13.6 Å². The Morgan fingerprint density at radius 3 is 2.35 bits per heavy atom. The third-order valence-electron chi connectivity index (χ3n) is 4.04. The number of benzene rings is 2. The van der Waals surface area contributed by atoms with E-state index in [4.69, 9.17) is 0 Å². The highest BCUT2D eigenvalue weighted by atomic mass is 19.1. The molecule has 0 saturated carbocycles. The van der Waals surface area contributed by atoms with Crippen LogP contribution in [0.25, 0.3) is 0 Å². The fraction of sp³-hybridized carbons (Fsp3) is 0.278. The molecule has 1 unspecified atom stereocenters. The minimum atomic E-state index is -0.770. The van der Waals surface area contributed by atoms with E-state index in [1.54, 1.807) is 12.1 Å². The van der Waals surface area contributed by atoms with Gasteiger partial charge < -0.3 is 10.2 Å². The normalized spacial score (nSPS) is 17.3. The van der Waals surface area contributed by atoms with Crippen LogP contribution in [0.5, 0.6) is 0 Å². The molecule has 0 aliphatic carbocycles. The van der Waals surface area contributed by atoms with Gasteiger partial charge in [-0.25, -0.2) is 8.78 Å². The van der Waals surface area contributed by atoms with Crippen LogP contribution in [0.4, 0.5) is 20.2 Å². The molecule has 1 aliphatic heterocycles. The van der Waals surface area contributed by atoms with Crippen molar-refractivity contribution in [1.82, 2.24) is 0 Å². The van der Waals surface area contributed by atoms with Crippen molar-refractivity contribution in [1.29, 1.82) is 0 Å². The van der Waals surface area contributed by atoms with E-state index in [9.17, 15) is 13.6 Å². The van der Waals surface area contributed by atoms with Crippen molar-refractivity contribution in [2.75, 3.05) is 23.3 Å². The van der Waals surface area contributed by atoms with E-state index in [1.165, 1.54) is 6.42 Å². The molecule has 0 radical (unpaired) electrons. The monoisotopic (exact) mass is 316 g/mol. The summed E-state index contributed by atoms with van der Waals surface area (Å²) in [5, 5.41) is 2.65. The van der Waals surface area contributed by atoms with Gasteiger partial charge in [-0.3, -0.25) is 4.79 Å². The summed E-state index contributed by atoms with van der Waals surface area (Å²) in [6.45, 7) is 4.30. The number of amides is 1. The first-order chi connectivity index (χ1) is 11.0. The van der Waals surface area contributed by atoms with Crippen molar-refractivity contribution in [3.63, 3.8) is 0 Å². The Labute approximate surface area is 133 Å². The van der Waals surface area contributed by atoms with Crippen LogP contribution in [0.3, 0.4) is 0 Å². The van der Waals surface area contributed by atoms with Gasteiger partial charge >= 0.3 is 0 Å². The van der Waals surface area contributed by atoms with Gasteiger partial charge in [0.2, 0.25) is 0 Å². The highest BCUT2D eigenvalue weighted by molar-refractivity contribution is 6.04. The Hall–Kier alpha value is -2.43. The highest BCUT2D eigenvalue weighted by Crippen LogP contribution is 2.25. The maximum absolute atomic E-state index is 13.2. The Bertz CT molecular complexity index is 695. The number of nitrogens with zero attached hydrogens (tertiary/aromatic N) is 1.